The monoisotopic (exact) mass is 433 g/mol. The van der Waals surface area contributed by atoms with Gasteiger partial charge < -0.3 is 25.1 Å². The topological polar surface area (TPSA) is 104 Å². The number of nitrogens with zero attached hydrogens (tertiary/aromatic N) is 3. The van der Waals surface area contributed by atoms with E-state index in [2.05, 4.69) is 12.2 Å². The molecule has 1 amide bonds. The number of aromatic nitrogens is 3. The van der Waals surface area contributed by atoms with Crippen LogP contribution in [0.1, 0.15) is 35.7 Å². The molecule has 0 saturated carbocycles. The minimum atomic E-state index is -0.239. The van der Waals surface area contributed by atoms with E-state index in [-0.39, 0.29) is 5.91 Å². The highest BCUT2D eigenvalue weighted by Crippen LogP contribution is 2.31. The van der Waals surface area contributed by atoms with Crippen LogP contribution >= 0.6 is 0 Å². The van der Waals surface area contributed by atoms with E-state index in [0.717, 1.165) is 23.9 Å². The molecular formula is C24H27N5O3. The van der Waals surface area contributed by atoms with Crippen LogP contribution in [0.4, 0.5) is 5.82 Å². The molecule has 0 fully saturated rings. The van der Waals surface area contributed by atoms with Crippen molar-refractivity contribution < 1.29 is 14.3 Å². The van der Waals surface area contributed by atoms with Crippen LogP contribution in [-0.2, 0) is 6.54 Å². The van der Waals surface area contributed by atoms with Crippen molar-refractivity contribution in [3.05, 3.63) is 53.6 Å². The van der Waals surface area contributed by atoms with Crippen molar-refractivity contribution in [2.45, 2.75) is 26.3 Å². The van der Waals surface area contributed by atoms with E-state index in [0.29, 0.717) is 52.7 Å². The summed E-state index contributed by atoms with van der Waals surface area (Å²) < 4.78 is 12.6. The van der Waals surface area contributed by atoms with Crippen molar-refractivity contribution in [3.63, 3.8) is 0 Å². The van der Waals surface area contributed by atoms with E-state index in [1.807, 2.05) is 47.0 Å². The number of benzene rings is 2. The molecule has 0 unspecified atom stereocenters. The fraction of sp³-hybridized carbons (Fsp3) is 0.292. The number of carbonyl (C=O) groups excluding carboxylic acids is 1. The van der Waals surface area contributed by atoms with E-state index in [1.54, 1.807) is 14.2 Å². The second-order valence-electron chi connectivity index (χ2n) is 7.53. The molecule has 32 heavy (non-hydrogen) atoms. The van der Waals surface area contributed by atoms with Crippen molar-refractivity contribution in [1.82, 2.24) is 19.9 Å². The minimum Gasteiger partial charge on any atom is -0.493 e. The Kier molecular flexibility index (Phi) is 6.11. The van der Waals surface area contributed by atoms with Crippen molar-refractivity contribution >= 4 is 33.9 Å². The first-order valence-corrected chi connectivity index (χ1v) is 10.6. The molecule has 3 N–H and O–H groups in total. The lowest BCUT2D eigenvalue weighted by molar-refractivity contribution is 0.0955. The Morgan fingerprint density at radius 2 is 1.78 bits per heavy atom. The van der Waals surface area contributed by atoms with Crippen LogP contribution in [0.15, 0.2) is 42.5 Å². The largest absolute Gasteiger partial charge is 0.493 e. The number of carbonyl (C=O) groups is 1. The molecule has 2 heterocycles. The van der Waals surface area contributed by atoms with Crippen molar-refractivity contribution in [1.29, 1.82) is 0 Å². The van der Waals surface area contributed by atoms with Crippen LogP contribution in [0.5, 0.6) is 11.5 Å². The summed E-state index contributed by atoms with van der Waals surface area (Å²) in [6.07, 6.45) is 1.88. The number of hydrogen-bond donors (Lipinski definition) is 2. The molecule has 0 radical (unpaired) electrons. The van der Waals surface area contributed by atoms with E-state index in [9.17, 15) is 4.79 Å². The van der Waals surface area contributed by atoms with Gasteiger partial charge in [-0.1, -0.05) is 31.5 Å². The number of nitrogen functional groups attached to an aromatic ring is 1. The molecule has 0 aliphatic carbocycles. The maximum Gasteiger partial charge on any atom is 0.257 e. The Morgan fingerprint density at radius 3 is 2.47 bits per heavy atom. The van der Waals surface area contributed by atoms with E-state index < -0.39 is 0 Å². The summed E-state index contributed by atoms with van der Waals surface area (Å²) in [5.41, 5.74) is 10.3. The molecule has 0 spiro atoms. The number of nitrogens with one attached hydrogen (secondary N) is 1. The summed E-state index contributed by atoms with van der Waals surface area (Å²) in [6.45, 7) is 3.06. The third kappa shape index (κ3) is 3.91. The summed E-state index contributed by atoms with van der Waals surface area (Å²) in [5.74, 6) is 1.35. The van der Waals surface area contributed by atoms with Gasteiger partial charge in [-0.2, -0.15) is 0 Å². The molecule has 8 nitrogen and oxygen atoms in total. The molecule has 2 aromatic carbocycles. The smallest absolute Gasteiger partial charge is 0.257 e. The highest BCUT2D eigenvalue weighted by molar-refractivity contribution is 6.10. The Hall–Kier alpha value is -3.81. The number of ether oxygens (including phenoxy) is 2. The number of rotatable bonds is 8. The van der Waals surface area contributed by atoms with Gasteiger partial charge in [0.05, 0.1) is 31.8 Å². The van der Waals surface area contributed by atoms with Crippen LogP contribution in [0.3, 0.4) is 0 Å². The molecule has 166 valence electrons. The summed E-state index contributed by atoms with van der Waals surface area (Å²) in [6, 6.07) is 13.2. The third-order valence-corrected chi connectivity index (χ3v) is 5.42. The Morgan fingerprint density at radius 1 is 1.06 bits per heavy atom. The predicted molar refractivity (Wildman–Crippen MR) is 125 cm³/mol. The predicted octanol–water partition coefficient (Wildman–Crippen LogP) is 3.76. The molecule has 4 aromatic rings. The quantitative estimate of drug-likeness (QED) is 0.410. The first kappa shape index (κ1) is 21.4. The number of fused-ring (bicyclic) bond motifs is 2. The average Bonchev–Trinajstić information content (AvgIpc) is 3.07. The van der Waals surface area contributed by atoms with Crippen molar-refractivity contribution in [2.75, 3.05) is 26.5 Å². The van der Waals surface area contributed by atoms with Gasteiger partial charge >= 0.3 is 0 Å². The first-order chi connectivity index (χ1) is 15.6. The fourth-order valence-electron chi connectivity index (χ4n) is 3.73. The van der Waals surface area contributed by atoms with Crippen LogP contribution in [-0.4, -0.2) is 41.2 Å². The van der Waals surface area contributed by atoms with Gasteiger partial charge in [0.15, 0.2) is 17.1 Å². The molecule has 0 aliphatic rings. The van der Waals surface area contributed by atoms with Gasteiger partial charge in [-0.15, -0.1) is 0 Å². The second kappa shape index (κ2) is 9.13. The van der Waals surface area contributed by atoms with Gasteiger partial charge in [-0.3, -0.25) is 4.79 Å². The third-order valence-electron chi connectivity index (χ3n) is 5.42. The van der Waals surface area contributed by atoms with Gasteiger partial charge in [-0.05, 0) is 36.2 Å². The maximum absolute atomic E-state index is 13.0. The highest BCUT2D eigenvalue weighted by atomic mass is 16.5. The maximum atomic E-state index is 13.0. The number of hydrogen-bond acceptors (Lipinski definition) is 6. The lowest BCUT2D eigenvalue weighted by Gasteiger charge is -2.12. The number of para-hydroxylation sites is 2. The van der Waals surface area contributed by atoms with Gasteiger partial charge in [0.1, 0.15) is 16.9 Å². The standard InChI is InChI=1S/C24H27N5O3/c1-4-5-12-26-24(30)20-21-23(28-17-9-7-6-8-16(17)27-21)29(22(20)25)14-15-10-11-18(31-2)19(13-15)32-3/h6-11,13H,4-5,12,14,25H2,1-3H3,(H,26,30). The zero-order valence-electron chi connectivity index (χ0n) is 18.5. The molecule has 0 bridgehead atoms. The summed E-state index contributed by atoms with van der Waals surface area (Å²) in [5, 5.41) is 2.95. The van der Waals surface area contributed by atoms with E-state index >= 15 is 0 Å². The zero-order valence-corrected chi connectivity index (χ0v) is 18.5. The normalized spacial score (nSPS) is 11.1. The number of unbranched alkanes of at least 4 members (excludes halogenated alkanes) is 1. The Balaban J connectivity index is 1.85. The number of amides is 1. The lowest BCUT2D eigenvalue weighted by atomic mass is 10.2. The molecule has 0 saturated heterocycles. The number of anilines is 1. The second-order valence-corrected chi connectivity index (χ2v) is 7.53. The van der Waals surface area contributed by atoms with Crippen LogP contribution in [0, 0.1) is 0 Å². The van der Waals surface area contributed by atoms with Gasteiger partial charge in [0, 0.05) is 6.54 Å². The molecule has 0 aliphatic heterocycles. The van der Waals surface area contributed by atoms with E-state index in [1.165, 1.54) is 0 Å². The highest BCUT2D eigenvalue weighted by Gasteiger charge is 2.24. The molecule has 8 heteroatoms. The van der Waals surface area contributed by atoms with E-state index in [4.69, 9.17) is 25.2 Å². The van der Waals surface area contributed by atoms with Crippen LogP contribution in [0.25, 0.3) is 22.2 Å². The summed E-state index contributed by atoms with van der Waals surface area (Å²) in [4.78, 5) is 22.6. The SMILES string of the molecule is CCCCNC(=O)c1c(N)n(Cc2ccc(OC)c(OC)c2)c2nc3ccccc3nc12. The Bertz CT molecular complexity index is 1280. The van der Waals surface area contributed by atoms with Crippen molar-refractivity contribution in [3.8, 4) is 11.5 Å². The van der Waals surface area contributed by atoms with Gasteiger partial charge in [-0.25, -0.2) is 9.97 Å². The lowest BCUT2D eigenvalue weighted by Crippen LogP contribution is -2.25. The minimum absolute atomic E-state index is 0.239. The van der Waals surface area contributed by atoms with Crippen molar-refractivity contribution in [2.24, 2.45) is 0 Å². The molecule has 2 aromatic heterocycles. The zero-order chi connectivity index (χ0) is 22.7. The van der Waals surface area contributed by atoms with Crippen LogP contribution < -0.4 is 20.5 Å². The van der Waals surface area contributed by atoms with Gasteiger partial charge in [0.2, 0.25) is 0 Å². The molecule has 4 rings (SSSR count). The Labute approximate surface area is 186 Å². The summed E-state index contributed by atoms with van der Waals surface area (Å²) >= 11 is 0. The fourth-order valence-corrected chi connectivity index (χ4v) is 3.73. The molecule has 0 atom stereocenters. The van der Waals surface area contributed by atoms with Crippen LogP contribution in [0.2, 0.25) is 0 Å². The average molecular weight is 434 g/mol. The first-order valence-electron chi connectivity index (χ1n) is 10.6. The number of nitrogens with two attached hydrogens (primary N) is 1. The number of methoxy groups -OCH3 is 2. The van der Waals surface area contributed by atoms with Gasteiger partial charge in [0.25, 0.3) is 5.91 Å². The summed E-state index contributed by atoms with van der Waals surface area (Å²) in [7, 11) is 3.19. The molecular weight excluding hydrogens is 406 g/mol.